The van der Waals surface area contributed by atoms with E-state index in [2.05, 4.69) is 10.3 Å². The predicted molar refractivity (Wildman–Crippen MR) is 82.4 cm³/mol. The van der Waals surface area contributed by atoms with Crippen LogP contribution in [-0.4, -0.2) is 28.2 Å². The molecule has 0 aliphatic rings. The van der Waals surface area contributed by atoms with Gasteiger partial charge in [0, 0.05) is 18.2 Å². The van der Waals surface area contributed by atoms with Gasteiger partial charge in [0.1, 0.15) is 11.4 Å². The largest absolute Gasteiger partial charge is 0.347 e. The van der Waals surface area contributed by atoms with Crippen molar-refractivity contribution in [3.8, 4) is 5.69 Å². The van der Waals surface area contributed by atoms with Crippen LogP contribution in [-0.2, 0) is 9.47 Å². The fourth-order valence-corrected chi connectivity index (χ4v) is 2.76. The maximum Gasteiger partial charge on any atom is 0.204 e. The molecule has 1 aromatic heterocycles. The summed E-state index contributed by atoms with van der Waals surface area (Å²) in [6, 6.07) is 3.18. The van der Waals surface area contributed by atoms with Crippen molar-refractivity contribution in [3.05, 3.63) is 39.1 Å². The van der Waals surface area contributed by atoms with Gasteiger partial charge in [-0.2, -0.15) is 0 Å². The van der Waals surface area contributed by atoms with Crippen LogP contribution in [0.2, 0.25) is 15.1 Å². The smallest absolute Gasteiger partial charge is 0.204 e. The normalized spacial score (nSPS) is 11.3. The van der Waals surface area contributed by atoms with Gasteiger partial charge in [0.25, 0.3) is 0 Å². The lowest BCUT2D eigenvalue weighted by Gasteiger charge is -2.13. The van der Waals surface area contributed by atoms with E-state index >= 15 is 0 Å². The summed E-state index contributed by atoms with van der Waals surface area (Å²) < 4.78 is 12.4. The number of aromatic nitrogens is 3. The summed E-state index contributed by atoms with van der Waals surface area (Å²) in [5.74, 6) is 0. The van der Waals surface area contributed by atoms with Crippen molar-refractivity contribution in [2.75, 3.05) is 13.2 Å². The Bertz CT molecular complexity index is 589. The minimum Gasteiger partial charge on any atom is -0.347 e. The van der Waals surface area contributed by atoms with Crippen molar-refractivity contribution in [1.82, 2.24) is 15.0 Å². The van der Waals surface area contributed by atoms with Gasteiger partial charge in [-0.05, 0) is 26.0 Å². The van der Waals surface area contributed by atoms with E-state index in [9.17, 15) is 0 Å². The van der Waals surface area contributed by atoms with Crippen LogP contribution < -0.4 is 0 Å². The van der Waals surface area contributed by atoms with Crippen LogP contribution in [0.1, 0.15) is 25.8 Å². The molecule has 2 aromatic rings. The molecule has 0 spiro atoms. The fraction of sp³-hybridized carbons (Fsp3) is 0.385. The molecule has 0 saturated carbocycles. The average molecular weight is 351 g/mol. The molecule has 0 amide bonds. The maximum absolute atomic E-state index is 6.16. The van der Waals surface area contributed by atoms with Gasteiger partial charge in [-0.25, -0.2) is 4.68 Å². The zero-order chi connectivity index (χ0) is 15.4. The van der Waals surface area contributed by atoms with Crippen LogP contribution in [0.3, 0.4) is 0 Å². The zero-order valence-electron chi connectivity index (χ0n) is 11.5. The Morgan fingerprint density at radius 1 is 1.10 bits per heavy atom. The first kappa shape index (κ1) is 16.5. The first-order valence-corrected chi connectivity index (χ1v) is 7.50. The molecule has 0 aliphatic heterocycles. The summed E-state index contributed by atoms with van der Waals surface area (Å²) in [4.78, 5) is 0. The Morgan fingerprint density at radius 3 is 2.19 bits per heavy atom. The van der Waals surface area contributed by atoms with Gasteiger partial charge in [0.2, 0.25) is 6.29 Å². The highest BCUT2D eigenvalue weighted by Gasteiger charge is 2.18. The second-order valence-electron chi connectivity index (χ2n) is 4.05. The second-order valence-corrected chi connectivity index (χ2v) is 5.30. The molecule has 0 aliphatic carbocycles. The van der Waals surface area contributed by atoms with Gasteiger partial charge in [-0.3, -0.25) is 0 Å². The SMILES string of the molecule is CCOC(OCC)c1cn(-c2c(Cl)cc(Cl)cc2Cl)nn1. The van der Waals surface area contributed by atoms with E-state index in [0.717, 1.165) is 0 Å². The molecule has 8 heteroatoms. The first-order valence-electron chi connectivity index (χ1n) is 6.37. The van der Waals surface area contributed by atoms with Crippen LogP contribution >= 0.6 is 34.8 Å². The van der Waals surface area contributed by atoms with Crippen molar-refractivity contribution in [2.45, 2.75) is 20.1 Å². The third kappa shape index (κ3) is 3.87. The molecule has 0 saturated heterocycles. The lowest BCUT2D eigenvalue weighted by atomic mass is 10.3. The Hall–Kier alpha value is -0.850. The molecule has 21 heavy (non-hydrogen) atoms. The number of nitrogens with zero attached hydrogens (tertiary/aromatic N) is 3. The van der Waals surface area contributed by atoms with E-state index in [-0.39, 0.29) is 0 Å². The maximum atomic E-state index is 6.16. The Morgan fingerprint density at radius 2 is 1.67 bits per heavy atom. The zero-order valence-corrected chi connectivity index (χ0v) is 13.8. The van der Waals surface area contributed by atoms with Crippen LogP contribution in [0.4, 0.5) is 0 Å². The van der Waals surface area contributed by atoms with Crippen LogP contribution in [0, 0.1) is 0 Å². The molecular weight excluding hydrogens is 337 g/mol. The van der Waals surface area contributed by atoms with Gasteiger partial charge in [-0.1, -0.05) is 40.0 Å². The van der Waals surface area contributed by atoms with Crippen molar-refractivity contribution in [2.24, 2.45) is 0 Å². The third-order valence-electron chi connectivity index (χ3n) is 2.60. The van der Waals surface area contributed by atoms with Crippen LogP contribution in [0.5, 0.6) is 0 Å². The third-order valence-corrected chi connectivity index (χ3v) is 3.39. The highest BCUT2D eigenvalue weighted by molar-refractivity contribution is 6.40. The highest BCUT2D eigenvalue weighted by atomic mass is 35.5. The van der Waals surface area contributed by atoms with Gasteiger partial charge in [-0.15, -0.1) is 5.10 Å². The van der Waals surface area contributed by atoms with Crippen LogP contribution in [0.15, 0.2) is 18.3 Å². The summed E-state index contributed by atoms with van der Waals surface area (Å²) in [6.45, 7) is 4.76. The molecule has 0 unspecified atom stereocenters. The standard InChI is InChI=1S/C13H14Cl3N3O2/c1-3-20-13(21-4-2)11-7-19(18-17-11)12-9(15)5-8(14)6-10(12)16/h5-7,13H,3-4H2,1-2H3. The minimum atomic E-state index is -0.571. The summed E-state index contributed by atoms with van der Waals surface area (Å²) in [7, 11) is 0. The predicted octanol–water partition coefficient (Wildman–Crippen LogP) is 4.30. The van der Waals surface area contributed by atoms with Gasteiger partial charge >= 0.3 is 0 Å². The number of benzene rings is 1. The van der Waals surface area contributed by atoms with Gasteiger partial charge < -0.3 is 9.47 Å². The fourth-order valence-electron chi connectivity index (χ4n) is 1.77. The summed E-state index contributed by atoms with van der Waals surface area (Å²) in [5, 5.41) is 9.29. The van der Waals surface area contributed by atoms with E-state index in [1.807, 2.05) is 13.8 Å². The quantitative estimate of drug-likeness (QED) is 0.729. The lowest BCUT2D eigenvalue weighted by Crippen LogP contribution is -2.09. The molecule has 114 valence electrons. The Balaban J connectivity index is 2.35. The van der Waals surface area contributed by atoms with E-state index in [0.29, 0.717) is 39.7 Å². The molecule has 5 nitrogen and oxygen atoms in total. The number of rotatable bonds is 6. The van der Waals surface area contributed by atoms with Crippen LogP contribution in [0.25, 0.3) is 5.69 Å². The minimum absolute atomic E-state index is 0.383. The van der Waals surface area contributed by atoms with Gasteiger partial charge in [0.15, 0.2) is 0 Å². The second kappa shape index (κ2) is 7.42. The monoisotopic (exact) mass is 349 g/mol. The molecule has 1 heterocycles. The molecule has 0 fully saturated rings. The number of halogens is 3. The summed E-state index contributed by atoms with van der Waals surface area (Å²) >= 11 is 18.2. The molecule has 0 radical (unpaired) electrons. The van der Waals surface area contributed by atoms with E-state index in [4.69, 9.17) is 44.3 Å². The van der Waals surface area contributed by atoms with Gasteiger partial charge in [0.05, 0.1) is 16.2 Å². The molecule has 0 bridgehead atoms. The van der Waals surface area contributed by atoms with Crippen molar-refractivity contribution < 1.29 is 9.47 Å². The molecule has 1 aromatic carbocycles. The first-order chi connectivity index (χ1) is 10.1. The van der Waals surface area contributed by atoms with Crippen molar-refractivity contribution in [3.63, 3.8) is 0 Å². The molecule has 0 atom stereocenters. The Kier molecular flexibility index (Phi) is 5.84. The summed E-state index contributed by atoms with van der Waals surface area (Å²) in [5.41, 5.74) is 1.05. The molecule has 2 rings (SSSR count). The summed E-state index contributed by atoms with van der Waals surface area (Å²) in [6.07, 6.45) is 1.09. The van der Waals surface area contributed by atoms with E-state index < -0.39 is 6.29 Å². The lowest BCUT2D eigenvalue weighted by molar-refractivity contribution is -0.142. The van der Waals surface area contributed by atoms with Crippen molar-refractivity contribution >= 4 is 34.8 Å². The highest BCUT2D eigenvalue weighted by Crippen LogP contribution is 2.32. The van der Waals surface area contributed by atoms with Crippen molar-refractivity contribution in [1.29, 1.82) is 0 Å². The number of ether oxygens (including phenoxy) is 2. The molecule has 0 N–H and O–H groups in total. The topological polar surface area (TPSA) is 49.2 Å². The molecular formula is C13H14Cl3N3O2. The average Bonchev–Trinajstić information content (AvgIpc) is 2.86. The number of hydrogen-bond acceptors (Lipinski definition) is 4. The van der Waals surface area contributed by atoms with E-state index in [1.54, 1.807) is 18.3 Å². The Labute approximate surface area is 137 Å². The van der Waals surface area contributed by atoms with E-state index in [1.165, 1.54) is 4.68 Å². The number of hydrogen-bond donors (Lipinski definition) is 0.